The van der Waals surface area contributed by atoms with Crippen molar-refractivity contribution >= 4 is 11.3 Å². The lowest BCUT2D eigenvalue weighted by Crippen LogP contribution is -2.30. The molecular weight excluding hydrogens is 264 g/mol. The van der Waals surface area contributed by atoms with Gasteiger partial charge < -0.3 is 5.32 Å². The Morgan fingerprint density at radius 1 is 1.20 bits per heavy atom. The van der Waals surface area contributed by atoms with Crippen molar-refractivity contribution in [3.05, 3.63) is 52.5 Å². The molecule has 3 heteroatoms. The Kier molecular flexibility index (Phi) is 6.75. The van der Waals surface area contributed by atoms with Gasteiger partial charge in [-0.05, 0) is 73.2 Å². The Bertz CT molecular complexity index is 453. The minimum atomic E-state index is 0.594. The monoisotopic (exact) mass is 288 g/mol. The molecule has 0 bridgehead atoms. The standard InChI is InChI=1S/C17H24N2S/c1-2-11-18-17(7-6-15-10-13-20-14-15)9-8-16-5-3-4-12-19-16/h3-5,10,12-14,17-18H,2,6-9,11H2,1H3. The Morgan fingerprint density at radius 3 is 2.80 bits per heavy atom. The summed E-state index contributed by atoms with van der Waals surface area (Å²) in [6.45, 7) is 3.33. The van der Waals surface area contributed by atoms with Gasteiger partial charge in [-0.2, -0.15) is 11.3 Å². The summed E-state index contributed by atoms with van der Waals surface area (Å²) in [5.74, 6) is 0. The van der Waals surface area contributed by atoms with Gasteiger partial charge in [0.2, 0.25) is 0 Å². The highest BCUT2D eigenvalue weighted by atomic mass is 32.1. The maximum absolute atomic E-state index is 4.41. The van der Waals surface area contributed by atoms with Crippen molar-refractivity contribution in [3.8, 4) is 0 Å². The fourth-order valence-electron chi connectivity index (χ4n) is 2.34. The van der Waals surface area contributed by atoms with Crippen LogP contribution in [0.5, 0.6) is 0 Å². The zero-order valence-electron chi connectivity index (χ0n) is 12.2. The van der Waals surface area contributed by atoms with Crippen LogP contribution in [0.2, 0.25) is 0 Å². The van der Waals surface area contributed by atoms with Crippen molar-refractivity contribution in [2.24, 2.45) is 0 Å². The first-order valence-electron chi connectivity index (χ1n) is 7.53. The first kappa shape index (κ1) is 15.2. The molecule has 0 aliphatic carbocycles. The van der Waals surface area contributed by atoms with E-state index in [9.17, 15) is 0 Å². The van der Waals surface area contributed by atoms with Crippen molar-refractivity contribution in [3.63, 3.8) is 0 Å². The average Bonchev–Trinajstić information content (AvgIpc) is 3.01. The van der Waals surface area contributed by atoms with E-state index < -0.39 is 0 Å². The molecule has 0 amide bonds. The number of rotatable bonds is 9. The van der Waals surface area contributed by atoms with E-state index in [1.807, 2.05) is 12.3 Å². The molecule has 20 heavy (non-hydrogen) atoms. The molecule has 2 nitrogen and oxygen atoms in total. The van der Waals surface area contributed by atoms with Crippen LogP contribution in [0.15, 0.2) is 41.2 Å². The molecule has 0 radical (unpaired) electrons. The van der Waals surface area contributed by atoms with E-state index in [1.165, 1.54) is 36.9 Å². The molecular formula is C17H24N2S. The van der Waals surface area contributed by atoms with Crippen molar-refractivity contribution in [1.29, 1.82) is 0 Å². The highest BCUT2D eigenvalue weighted by Gasteiger charge is 2.09. The highest BCUT2D eigenvalue weighted by Crippen LogP contribution is 2.12. The van der Waals surface area contributed by atoms with Gasteiger partial charge in [-0.1, -0.05) is 13.0 Å². The first-order valence-corrected chi connectivity index (χ1v) is 8.47. The lowest BCUT2D eigenvalue weighted by Gasteiger charge is -2.18. The third-order valence-electron chi connectivity index (χ3n) is 3.52. The zero-order valence-corrected chi connectivity index (χ0v) is 13.0. The van der Waals surface area contributed by atoms with Gasteiger partial charge in [0.25, 0.3) is 0 Å². The van der Waals surface area contributed by atoms with E-state index >= 15 is 0 Å². The lowest BCUT2D eigenvalue weighted by molar-refractivity contribution is 0.451. The van der Waals surface area contributed by atoms with Crippen LogP contribution in [0.3, 0.4) is 0 Å². The number of hydrogen-bond donors (Lipinski definition) is 1. The van der Waals surface area contributed by atoms with E-state index in [-0.39, 0.29) is 0 Å². The van der Waals surface area contributed by atoms with Crippen LogP contribution in [-0.4, -0.2) is 17.6 Å². The van der Waals surface area contributed by atoms with Gasteiger partial charge in [-0.3, -0.25) is 4.98 Å². The summed E-state index contributed by atoms with van der Waals surface area (Å²) in [6, 6.07) is 9.00. The van der Waals surface area contributed by atoms with Gasteiger partial charge in [0.1, 0.15) is 0 Å². The van der Waals surface area contributed by atoms with E-state index in [1.54, 1.807) is 11.3 Å². The van der Waals surface area contributed by atoms with Crippen LogP contribution >= 0.6 is 11.3 Å². The molecule has 0 aromatic carbocycles. The quantitative estimate of drug-likeness (QED) is 0.752. The predicted molar refractivity (Wildman–Crippen MR) is 87.3 cm³/mol. The summed E-state index contributed by atoms with van der Waals surface area (Å²) in [5.41, 5.74) is 2.67. The van der Waals surface area contributed by atoms with Crippen molar-refractivity contribution in [1.82, 2.24) is 10.3 Å². The second-order valence-electron chi connectivity index (χ2n) is 5.18. The summed E-state index contributed by atoms with van der Waals surface area (Å²) in [5, 5.41) is 8.10. The van der Waals surface area contributed by atoms with Crippen molar-refractivity contribution in [2.75, 3.05) is 6.54 Å². The molecule has 108 valence electrons. The minimum absolute atomic E-state index is 0.594. The van der Waals surface area contributed by atoms with Crippen LogP contribution in [0, 0.1) is 0 Å². The Labute approximate surface area is 126 Å². The molecule has 0 fully saturated rings. The number of aromatic nitrogens is 1. The van der Waals surface area contributed by atoms with Gasteiger partial charge in [0.05, 0.1) is 0 Å². The molecule has 0 saturated heterocycles. The van der Waals surface area contributed by atoms with Crippen molar-refractivity contribution < 1.29 is 0 Å². The molecule has 0 aliphatic heterocycles. The maximum Gasteiger partial charge on any atom is 0.0404 e. The van der Waals surface area contributed by atoms with E-state index in [4.69, 9.17) is 0 Å². The molecule has 1 unspecified atom stereocenters. The zero-order chi connectivity index (χ0) is 14.0. The van der Waals surface area contributed by atoms with Gasteiger partial charge in [-0.15, -0.1) is 0 Å². The number of nitrogens with zero attached hydrogens (tertiary/aromatic N) is 1. The van der Waals surface area contributed by atoms with Gasteiger partial charge in [0.15, 0.2) is 0 Å². The normalized spacial score (nSPS) is 12.4. The predicted octanol–water partition coefficient (Wildman–Crippen LogP) is 4.08. The molecule has 2 aromatic rings. The number of aryl methyl sites for hydroxylation is 2. The minimum Gasteiger partial charge on any atom is -0.314 e. The molecule has 0 spiro atoms. The smallest absolute Gasteiger partial charge is 0.0404 e. The third kappa shape index (κ3) is 5.43. The topological polar surface area (TPSA) is 24.9 Å². The van der Waals surface area contributed by atoms with Crippen molar-refractivity contribution in [2.45, 2.75) is 45.1 Å². The second-order valence-corrected chi connectivity index (χ2v) is 5.96. The Hall–Kier alpha value is -1.19. The highest BCUT2D eigenvalue weighted by molar-refractivity contribution is 7.07. The lowest BCUT2D eigenvalue weighted by atomic mass is 10.0. The molecule has 1 N–H and O–H groups in total. The summed E-state index contributed by atoms with van der Waals surface area (Å²) in [6.07, 6.45) is 7.69. The fourth-order valence-corrected chi connectivity index (χ4v) is 3.04. The van der Waals surface area contributed by atoms with Gasteiger partial charge in [0, 0.05) is 17.9 Å². The summed E-state index contributed by atoms with van der Waals surface area (Å²) >= 11 is 1.79. The molecule has 0 saturated carbocycles. The molecule has 2 rings (SSSR count). The van der Waals surface area contributed by atoms with Crippen LogP contribution in [0.25, 0.3) is 0 Å². The average molecular weight is 288 g/mol. The molecule has 2 heterocycles. The van der Waals surface area contributed by atoms with E-state index in [0.29, 0.717) is 6.04 Å². The van der Waals surface area contributed by atoms with Gasteiger partial charge >= 0.3 is 0 Å². The number of thiophene rings is 1. The van der Waals surface area contributed by atoms with Crippen LogP contribution in [-0.2, 0) is 12.8 Å². The van der Waals surface area contributed by atoms with Crippen LogP contribution < -0.4 is 5.32 Å². The Balaban J connectivity index is 1.80. The Morgan fingerprint density at radius 2 is 2.10 bits per heavy atom. The van der Waals surface area contributed by atoms with Gasteiger partial charge in [-0.25, -0.2) is 0 Å². The number of nitrogens with one attached hydrogen (secondary N) is 1. The van der Waals surface area contributed by atoms with Crippen LogP contribution in [0.1, 0.15) is 37.4 Å². The number of pyridine rings is 1. The molecule has 0 aliphatic rings. The molecule has 2 aromatic heterocycles. The molecule has 1 atom stereocenters. The number of hydrogen-bond acceptors (Lipinski definition) is 3. The van der Waals surface area contributed by atoms with E-state index in [2.05, 4.69) is 46.2 Å². The largest absolute Gasteiger partial charge is 0.314 e. The summed E-state index contributed by atoms with van der Waals surface area (Å²) in [4.78, 5) is 4.41. The summed E-state index contributed by atoms with van der Waals surface area (Å²) in [7, 11) is 0. The SMILES string of the molecule is CCCNC(CCc1ccsc1)CCc1ccccn1. The maximum atomic E-state index is 4.41. The third-order valence-corrected chi connectivity index (χ3v) is 4.25. The summed E-state index contributed by atoms with van der Waals surface area (Å²) < 4.78 is 0. The second kappa shape index (κ2) is 8.88. The fraction of sp³-hybridized carbons (Fsp3) is 0.471. The first-order chi connectivity index (χ1) is 9.88. The van der Waals surface area contributed by atoms with E-state index in [0.717, 1.165) is 13.0 Å². The van der Waals surface area contributed by atoms with Crippen LogP contribution in [0.4, 0.5) is 0 Å².